The van der Waals surface area contributed by atoms with E-state index in [2.05, 4.69) is 4.90 Å². The molecule has 17 heavy (non-hydrogen) atoms. The molecule has 2 saturated heterocycles. The lowest BCUT2D eigenvalue weighted by atomic mass is 10.2. The van der Waals surface area contributed by atoms with Crippen molar-refractivity contribution < 1.29 is 14.6 Å². The van der Waals surface area contributed by atoms with E-state index in [1.807, 2.05) is 4.90 Å². The third-order valence-electron chi connectivity index (χ3n) is 3.80. The molecule has 2 aliphatic heterocycles. The fourth-order valence-corrected chi connectivity index (χ4v) is 2.57. The maximum Gasteiger partial charge on any atom is 0.320 e. The van der Waals surface area contributed by atoms with Gasteiger partial charge in [-0.05, 0) is 19.8 Å². The number of rotatable bonds is 4. The van der Waals surface area contributed by atoms with E-state index < -0.39 is 5.97 Å². The molecule has 2 aliphatic rings. The Hall–Kier alpha value is -0.650. The van der Waals surface area contributed by atoms with Gasteiger partial charge in [0.1, 0.15) is 6.04 Å². The van der Waals surface area contributed by atoms with E-state index in [1.165, 1.54) is 12.8 Å². The average Bonchev–Trinajstić information content (AvgIpc) is 2.82. The average molecular weight is 242 g/mol. The first kappa shape index (κ1) is 12.8. The maximum absolute atomic E-state index is 10.9. The van der Waals surface area contributed by atoms with Gasteiger partial charge in [0, 0.05) is 39.3 Å². The third-order valence-corrected chi connectivity index (χ3v) is 3.80. The van der Waals surface area contributed by atoms with Crippen molar-refractivity contribution in [1.82, 2.24) is 9.80 Å². The van der Waals surface area contributed by atoms with Crippen LogP contribution in [0.2, 0.25) is 0 Å². The Morgan fingerprint density at radius 2 is 2.12 bits per heavy atom. The van der Waals surface area contributed by atoms with Crippen LogP contribution in [-0.4, -0.2) is 72.4 Å². The van der Waals surface area contributed by atoms with Gasteiger partial charge in [0.05, 0.1) is 6.10 Å². The normalized spacial score (nSPS) is 29.4. The second-order valence-electron chi connectivity index (χ2n) is 4.99. The molecule has 1 N–H and O–H groups in total. The van der Waals surface area contributed by atoms with E-state index in [0.717, 1.165) is 39.3 Å². The summed E-state index contributed by atoms with van der Waals surface area (Å²) >= 11 is 0. The standard InChI is InChI=1S/C12H22N2O3/c1-10(12(15)16)14-6-4-13(5-7-14)9-11-3-2-8-17-11/h10-11H,2-9H2,1H3,(H,15,16)/t10-,11-/m1/s1. The second kappa shape index (κ2) is 5.80. The predicted octanol–water partition coefficient (Wildman–Crippen LogP) is 0.256. The Labute approximate surface area is 102 Å². The molecule has 5 heteroatoms. The molecule has 0 amide bonds. The molecule has 2 rings (SSSR count). The summed E-state index contributed by atoms with van der Waals surface area (Å²) in [6.45, 7) is 7.28. The van der Waals surface area contributed by atoms with Crippen LogP contribution >= 0.6 is 0 Å². The highest BCUT2D eigenvalue weighted by molar-refractivity contribution is 5.72. The minimum absolute atomic E-state index is 0.361. The van der Waals surface area contributed by atoms with Gasteiger partial charge in [0.25, 0.3) is 0 Å². The van der Waals surface area contributed by atoms with E-state index >= 15 is 0 Å². The molecule has 98 valence electrons. The zero-order valence-electron chi connectivity index (χ0n) is 10.5. The molecule has 0 aromatic heterocycles. The van der Waals surface area contributed by atoms with E-state index in [-0.39, 0.29) is 6.04 Å². The minimum atomic E-state index is -0.724. The van der Waals surface area contributed by atoms with Gasteiger partial charge in [-0.3, -0.25) is 14.6 Å². The molecule has 0 unspecified atom stereocenters. The summed E-state index contributed by atoms with van der Waals surface area (Å²) in [6, 6.07) is -0.361. The van der Waals surface area contributed by atoms with Crippen molar-refractivity contribution >= 4 is 5.97 Å². The van der Waals surface area contributed by atoms with Gasteiger partial charge < -0.3 is 9.84 Å². The highest BCUT2D eigenvalue weighted by atomic mass is 16.5. The Balaban J connectivity index is 1.72. The molecule has 0 radical (unpaired) electrons. The molecule has 0 spiro atoms. The monoisotopic (exact) mass is 242 g/mol. The second-order valence-corrected chi connectivity index (χ2v) is 4.99. The SMILES string of the molecule is C[C@H](C(=O)O)N1CCN(C[C@H]2CCCO2)CC1. The number of carbonyl (C=O) groups is 1. The summed E-state index contributed by atoms with van der Waals surface area (Å²) in [7, 11) is 0. The van der Waals surface area contributed by atoms with Crippen LogP contribution < -0.4 is 0 Å². The third kappa shape index (κ3) is 3.40. The fourth-order valence-electron chi connectivity index (χ4n) is 2.57. The number of ether oxygens (including phenoxy) is 1. The van der Waals surface area contributed by atoms with Gasteiger partial charge in [-0.25, -0.2) is 0 Å². The molecule has 2 fully saturated rings. The van der Waals surface area contributed by atoms with Gasteiger partial charge >= 0.3 is 5.97 Å². The molecule has 2 atom stereocenters. The fraction of sp³-hybridized carbons (Fsp3) is 0.917. The van der Waals surface area contributed by atoms with Crippen molar-refractivity contribution in [2.24, 2.45) is 0 Å². The van der Waals surface area contributed by atoms with Gasteiger partial charge in [-0.1, -0.05) is 0 Å². The number of aliphatic carboxylic acids is 1. The number of hydrogen-bond acceptors (Lipinski definition) is 4. The highest BCUT2D eigenvalue weighted by Crippen LogP contribution is 2.15. The number of carboxylic acid groups (broad SMARTS) is 1. The van der Waals surface area contributed by atoms with Gasteiger partial charge in [-0.15, -0.1) is 0 Å². The molecular formula is C12H22N2O3. The van der Waals surface area contributed by atoms with Gasteiger partial charge in [0.15, 0.2) is 0 Å². The van der Waals surface area contributed by atoms with Crippen LogP contribution in [0.5, 0.6) is 0 Å². The summed E-state index contributed by atoms with van der Waals surface area (Å²) in [6.07, 6.45) is 2.75. The quantitative estimate of drug-likeness (QED) is 0.766. The van der Waals surface area contributed by atoms with Crippen molar-refractivity contribution in [2.45, 2.75) is 31.9 Å². The zero-order chi connectivity index (χ0) is 12.3. The molecular weight excluding hydrogens is 220 g/mol. The van der Waals surface area contributed by atoms with Crippen LogP contribution in [-0.2, 0) is 9.53 Å². The Morgan fingerprint density at radius 1 is 1.41 bits per heavy atom. The van der Waals surface area contributed by atoms with Crippen molar-refractivity contribution in [3.05, 3.63) is 0 Å². The highest BCUT2D eigenvalue weighted by Gasteiger charge is 2.27. The van der Waals surface area contributed by atoms with Gasteiger partial charge in [-0.2, -0.15) is 0 Å². The Morgan fingerprint density at radius 3 is 2.65 bits per heavy atom. The molecule has 2 heterocycles. The summed E-state index contributed by atoms with van der Waals surface area (Å²) in [5, 5.41) is 8.95. The van der Waals surface area contributed by atoms with Crippen molar-refractivity contribution in [1.29, 1.82) is 0 Å². The zero-order valence-corrected chi connectivity index (χ0v) is 10.5. The molecule has 0 saturated carbocycles. The molecule has 0 aliphatic carbocycles. The number of piperazine rings is 1. The van der Waals surface area contributed by atoms with E-state index in [9.17, 15) is 4.79 Å². The number of nitrogens with zero attached hydrogens (tertiary/aromatic N) is 2. The van der Waals surface area contributed by atoms with Crippen molar-refractivity contribution in [3.8, 4) is 0 Å². The lowest BCUT2D eigenvalue weighted by molar-refractivity contribution is -0.143. The van der Waals surface area contributed by atoms with E-state index in [4.69, 9.17) is 9.84 Å². The smallest absolute Gasteiger partial charge is 0.320 e. The minimum Gasteiger partial charge on any atom is -0.480 e. The summed E-state index contributed by atoms with van der Waals surface area (Å²) < 4.78 is 5.62. The van der Waals surface area contributed by atoms with Crippen LogP contribution in [0.15, 0.2) is 0 Å². The first-order valence-electron chi connectivity index (χ1n) is 6.47. The summed E-state index contributed by atoms with van der Waals surface area (Å²) in [4.78, 5) is 15.3. The maximum atomic E-state index is 10.9. The molecule has 5 nitrogen and oxygen atoms in total. The molecule has 0 aromatic rings. The van der Waals surface area contributed by atoms with Crippen molar-refractivity contribution in [3.63, 3.8) is 0 Å². The van der Waals surface area contributed by atoms with Crippen LogP contribution in [0.25, 0.3) is 0 Å². The van der Waals surface area contributed by atoms with Crippen LogP contribution in [0.3, 0.4) is 0 Å². The lowest BCUT2D eigenvalue weighted by Gasteiger charge is -2.37. The number of hydrogen-bond donors (Lipinski definition) is 1. The first-order chi connectivity index (χ1) is 8.16. The lowest BCUT2D eigenvalue weighted by Crippen LogP contribution is -2.52. The molecule has 0 aromatic carbocycles. The van der Waals surface area contributed by atoms with Crippen LogP contribution in [0, 0.1) is 0 Å². The van der Waals surface area contributed by atoms with Crippen LogP contribution in [0.4, 0.5) is 0 Å². The largest absolute Gasteiger partial charge is 0.480 e. The summed E-state index contributed by atoms with van der Waals surface area (Å²) in [5.74, 6) is -0.724. The molecule has 0 bridgehead atoms. The van der Waals surface area contributed by atoms with Gasteiger partial charge in [0.2, 0.25) is 0 Å². The topological polar surface area (TPSA) is 53.0 Å². The van der Waals surface area contributed by atoms with Crippen LogP contribution in [0.1, 0.15) is 19.8 Å². The predicted molar refractivity (Wildman–Crippen MR) is 64.1 cm³/mol. The summed E-state index contributed by atoms with van der Waals surface area (Å²) in [5.41, 5.74) is 0. The van der Waals surface area contributed by atoms with Crippen molar-refractivity contribution in [2.75, 3.05) is 39.3 Å². The number of carboxylic acids is 1. The first-order valence-corrected chi connectivity index (χ1v) is 6.47. The van der Waals surface area contributed by atoms with E-state index in [0.29, 0.717) is 6.10 Å². The Bertz CT molecular complexity index is 258. The Kier molecular flexibility index (Phi) is 4.36. The van der Waals surface area contributed by atoms with E-state index in [1.54, 1.807) is 6.92 Å².